The lowest BCUT2D eigenvalue weighted by Crippen LogP contribution is -2.55. The number of hydrogen-bond donors (Lipinski definition) is 2. The molecule has 1 atom stereocenters. The smallest absolute Gasteiger partial charge is 0.269 e. The predicted octanol–water partition coefficient (Wildman–Crippen LogP) is 3.18. The number of para-hydroxylation sites is 1. The summed E-state index contributed by atoms with van der Waals surface area (Å²) in [6.45, 7) is 1.97. The SMILES string of the molecule is COc1ccc(C(=O)N[C@@H](Cc2c[nH]c3ccccc23)C(=O)N2CCN(c3ccc([N+](=O)[O-])cc3)CC2)c(OC)n1. The van der Waals surface area contributed by atoms with Crippen LogP contribution in [0.25, 0.3) is 10.9 Å². The van der Waals surface area contributed by atoms with Crippen molar-refractivity contribution < 1.29 is 24.0 Å². The molecule has 1 aliphatic heterocycles. The second kappa shape index (κ2) is 11.9. The third-order valence-corrected chi connectivity index (χ3v) is 7.20. The number of aromatic nitrogens is 2. The number of fused-ring (bicyclic) bond motifs is 1. The number of non-ortho nitro benzene ring substituents is 1. The maximum absolute atomic E-state index is 13.9. The van der Waals surface area contributed by atoms with E-state index in [1.165, 1.54) is 26.4 Å². The summed E-state index contributed by atoms with van der Waals surface area (Å²) >= 11 is 0. The molecule has 2 N–H and O–H groups in total. The van der Waals surface area contributed by atoms with Crippen molar-refractivity contribution in [1.29, 1.82) is 0 Å². The fourth-order valence-corrected chi connectivity index (χ4v) is 5.01. The number of piperazine rings is 1. The van der Waals surface area contributed by atoms with Crippen molar-refractivity contribution in [1.82, 2.24) is 20.2 Å². The molecule has 41 heavy (non-hydrogen) atoms. The van der Waals surface area contributed by atoms with Crippen LogP contribution in [0.4, 0.5) is 11.4 Å². The van der Waals surface area contributed by atoms with E-state index >= 15 is 0 Å². The summed E-state index contributed by atoms with van der Waals surface area (Å²) < 4.78 is 10.4. The van der Waals surface area contributed by atoms with Crippen LogP contribution >= 0.6 is 0 Å². The number of ether oxygens (including phenoxy) is 2. The Morgan fingerprint density at radius 3 is 2.44 bits per heavy atom. The van der Waals surface area contributed by atoms with Crippen LogP contribution in [0.2, 0.25) is 0 Å². The second-order valence-corrected chi connectivity index (χ2v) is 9.59. The summed E-state index contributed by atoms with van der Waals surface area (Å²) in [5.74, 6) is -0.292. The van der Waals surface area contributed by atoms with Crippen LogP contribution in [-0.2, 0) is 11.2 Å². The molecule has 0 saturated carbocycles. The first-order valence-electron chi connectivity index (χ1n) is 13.1. The number of anilines is 1. The van der Waals surface area contributed by atoms with Crippen molar-refractivity contribution in [2.24, 2.45) is 0 Å². The van der Waals surface area contributed by atoms with Gasteiger partial charge in [0.2, 0.25) is 17.7 Å². The number of carbonyl (C=O) groups is 2. The zero-order chi connectivity index (χ0) is 28.9. The summed E-state index contributed by atoms with van der Waals surface area (Å²) in [6.07, 6.45) is 2.14. The first-order chi connectivity index (χ1) is 19.9. The Kier molecular flexibility index (Phi) is 7.99. The Balaban J connectivity index is 1.35. The van der Waals surface area contributed by atoms with Crippen LogP contribution in [0.5, 0.6) is 11.8 Å². The van der Waals surface area contributed by atoms with Gasteiger partial charge in [-0.25, -0.2) is 0 Å². The Hall–Kier alpha value is -5.13. The van der Waals surface area contributed by atoms with Crippen molar-refractivity contribution in [3.8, 4) is 11.8 Å². The summed E-state index contributed by atoms with van der Waals surface area (Å²) in [7, 11) is 2.89. The topological polar surface area (TPSA) is 143 Å². The maximum Gasteiger partial charge on any atom is 0.269 e. The number of rotatable bonds is 9. The number of benzene rings is 2. The van der Waals surface area contributed by atoms with Crippen LogP contribution in [0.15, 0.2) is 66.9 Å². The van der Waals surface area contributed by atoms with Gasteiger partial charge in [-0.15, -0.1) is 0 Å². The molecule has 0 bridgehead atoms. The fourth-order valence-electron chi connectivity index (χ4n) is 5.01. The summed E-state index contributed by atoms with van der Waals surface area (Å²) in [6, 6.07) is 16.4. The summed E-state index contributed by atoms with van der Waals surface area (Å²) in [5.41, 5.74) is 2.92. The first-order valence-corrected chi connectivity index (χ1v) is 13.1. The van der Waals surface area contributed by atoms with Gasteiger partial charge in [-0.3, -0.25) is 19.7 Å². The van der Waals surface area contributed by atoms with Crippen LogP contribution in [0.1, 0.15) is 15.9 Å². The third-order valence-electron chi connectivity index (χ3n) is 7.20. The lowest BCUT2D eigenvalue weighted by molar-refractivity contribution is -0.384. The first kappa shape index (κ1) is 27.4. The Labute approximate surface area is 236 Å². The average molecular weight is 559 g/mol. The highest BCUT2D eigenvalue weighted by Gasteiger charge is 2.31. The lowest BCUT2D eigenvalue weighted by atomic mass is 10.0. The third kappa shape index (κ3) is 5.91. The van der Waals surface area contributed by atoms with Gasteiger partial charge in [0.25, 0.3) is 11.6 Å². The highest BCUT2D eigenvalue weighted by atomic mass is 16.6. The van der Waals surface area contributed by atoms with Crippen molar-refractivity contribution in [2.45, 2.75) is 12.5 Å². The molecule has 1 aliphatic rings. The normalized spacial score (nSPS) is 14.0. The van der Waals surface area contributed by atoms with Gasteiger partial charge in [0.1, 0.15) is 11.6 Å². The van der Waals surface area contributed by atoms with E-state index in [1.807, 2.05) is 30.5 Å². The van der Waals surface area contributed by atoms with Gasteiger partial charge in [-0.1, -0.05) is 18.2 Å². The molecule has 3 heterocycles. The number of pyridine rings is 1. The minimum atomic E-state index is -0.848. The minimum Gasteiger partial charge on any atom is -0.481 e. The number of nitro groups is 1. The van der Waals surface area contributed by atoms with Gasteiger partial charge in [-0.05, 0) is 29.8 Å². The molecule has 212 valence electrons. The van der Waals surface area contributed by atoms with E-state index < -0.39 is 16.9 Å². The quantitative estimate of drug-likeness (QED) is 0.236. The van der Waals surface area contributed by atoms with Gasteiger partial charge in [0.15, 0.2) is 0 Å². The number of amides is 2. The van der Waals surface area contributed by atoms with Crippen LogP contribution in [0, 0.1) is 10.1 Å². The van der Waals surface area contributed by atoms with E-state index in [0.29, 0.717) is 32.1 Å². The van der Waals surface area contributed by atoms with Gasteiger partial charge >= 0.3 is 0 Å². The van der Waals surface area contributed by atoms with Crippen molar-refractivity contribution in [2.75, 3.05) is 45.3 Å². The maximum atomic E-state index is 13.9. The molecular formula is C29H30N6O6. The van der Waals surface area contributed by atoms with Gasteiger partial charge < -0.3 is 29.6 Å². The lowest BCUT2D eigenvalue weighted by Gasteiger charge is -2.37. The number of hydrogen-bond acceptors (Lipinski definition) is 8. The van der Waals surface area contributed by atoms with Crippen LogP contribution in [-0.4, -0.2) is 78.0 Å². The number of nitro benzene ring substituents is 1. The molecule has 0 unspecified atom stereocenters. The molecule has 0 radical (unpaired) electrons. The van der Waals surface area contributed by atoms with Gasteiger partial charge in [0.05, 0.1) is 19.1 Å². The van der Waals surface area contributed by atoms with E-state index in [1.54, 1.807) is 29.2 Å². The van der Waals surface area contributed by atoms with E-state index in [-0.39, 0.29) is 29.5 Å². The molecular weight excluding hydrogens is 528 g/mol. The Bertz CT molecular complexity index is 1560. The molecule has 1 saturated heterocycles. The standard InChI is InChI=1S/C29H30N6O6/c1-40-26-12-11-23(28(32-26)41-2)27(36)31-25(17-19-18-30-24-6-4-3-5-22(19)24)29(37)34-15-13-33(14-16-34)20-7-9-21(10-8-20)35(38)39/h3-12,18,25,30H,13-17H2,1-2H3,(H,31,36)/t25-/m0/s1. The second-order valence-electron chi connectivity index (χ2n) is 9.59. The van der Waals surface area contributed by atoms with E-state index in [9.17, 15) is 19.7 Å². The molecule has 0 aliphatic carbocycles. The molecule has 12 heteroatoms. The summed E-state index contributed by atoms with van der Waals surface area (Å²) in [4.78, 5) is 49.1. The molecule has 1 fully saturated rings. The van der Waals surface area contributed by atoms with Crippen LogP contribution in [0.3, 0.4) is 0 Å². The zero-order valence-corrected chi connectivity index (χ0v) is 22.7. The largest absolute Gasteiger partial charge is 0.481 e. The van der Waals surface area contributed by atoms with E-state index in [0.717, 1.165) is 22.2 Å². The van der Waals surface area contributed by atoms with Crippen molar-refractivity contribution in [3.05, 3.63) is 88.1 Å². The van der Waals surface area contributed by atoms with E-state index in [2.05, 4.69) is 20.2 Å². The molecule has 2 aromatic carbocycles. The highest BCUT2D eigenvalue weighted by molar-refractivity contribution is 5.99. The number of nitrogens with one attached hydrogen (secondary N) is 2. The summed E-state index contributed by atoms with van der Waals surface area (Å²) in [5, 5.41) is 14.9. The predicted molar refractivity (Wildman–Crippen MR) is 152 cm³/mol. The number of nitrogens with zero attached hydrogens (tertiary/aromatic N) is 4. The molecule has 0 spiro atoms. The van der Waals surface area contributed by atoms with Crippen molar-refractivity contribution >= 4 is 34.1 Å². The molecule has 4 aromatic rings. The monoisotopic (exact) mass is 558 g/mol. The fraction of sp³-hybridized carbons (Fsp3) is 0.276. The Morgan fingerprint density at radius 2 is 1.76 bits per heavy atom. The Morgan fingerprint density at radius 1 is 1.02 bits per heavy atom. The number of aromatic amines is 1. The number of methoxy groups -OCH3 is 2. The molecule has 12 nitrogen and oxygen atoms in total. The minimum absolute atomic E-state index is 0.0297. The molecule has 5 rings (SSSR count). The molecule has 2 amide bonds. The average Bonchev–Trinajstić information content (AvgIpc) is 3.42. The number of carbonyl (C=O) groups excluding carboxylic acids is 2. The van der Waals surface area contributed by atoms with Crippen molar-refractivity contribution in [3.63, 3.8) is 0 Å². The zero-order valence-electron chi connectivity index (χ0n) is 22.7. The van der Waals surface area contributed by atoms with Crippen LogP contribution < -0.4 is 19.7 Å². The molecule has 2 aromatic heterocycles. The van der Waals surface area contributed by atoms with Gasteiger partial charge in [-0.2, -0.15) is 4.98 Å². The highest BCUT2D eigenvalue weighted by Crippen LogP contribution is 2.24. The van der Waals surface area contributed by atoms with Gasteiger partial charge in [0, 0.05) is 73.6 Å². The van der Waals surface area contributed by atoms with E-state index in [4.69, 9.17) is 9.47 Å². The number of H-pyrrole nitrogens is 1.